The summed E-state index contributed by atoms with van der Waals surface area (Å²) < 4.78 is 0. The first-order valence-corrected chi connectivity index (χ1v) is 10.4. The molecule has 0 radical (unpaired) electrons. The third kappa shape index (κ3) is 4.03. The zero-order valence-electron chi connectivity index (χ0n) is 16.7. The van der Waals surface area contributed by atoms with Gasteiger partial charge in [-0.15, -0.1) is 0 Å². The van der Waals surface area contributed by atoms with Crippen LogP contribution in [0.2, 0.25) is 0 Å². The Bertz CT molecular complexity index is 1100. The van der Waals surface area contributed by atoms with Crippen molar-refractivity contribution in [3.63, 3.8) is 0 Å². The Morgan fingerprint density at radius 1 is 0.828 bits per heavy atom. The van der Waals surface area contributed by atoms with E-state index in [-0.39, 0.29) is 5.91 Å². The van der Waals surface area contributed by atoms with Crippen LogP contribution in [0.5, 0.6) is 0 Å². The summed E-state index contributed by atoms with van der Waals surface area (Å²) >= 11 is 1.42. The molecule has 1 aliphatic heterocycles. The molecule has 0 saturated carbocycles. The molecule has 3 nitrogen and oxygen atoms in total. The van der Waals surface area contributed by atoms with E-state index in [2.05, 4.69) is 19.1 Å². The Labute approximate surface area is 175 Å². The van der Waals surface area contributed by atoms with Crippen LogP contribution in [0.3, 0.4) is 0 Å². The highest BCUT2D eigenvalue weighted by atomic mass is 32.2. The van der Waals surface area contributed by atoms with Crippen molar-refractivity contribution in [3.8, 4) is 0 Å². The number of nitrogens with zero attached hydrogens (tertiary/aromatic N) is 2. The fourth-order valence-electron chi connectivity index (χ4n) is 3.25. The van der Waals surface area contributed by atoms with E-state index < -0.39 is 0 Å². The Hall–Kier alpha value is -3.11. The van der Waals surface area contributed by atoms with Gasteiger partial charge in [0.15, 0.2) is 5.17 Å². The molecule has 1 amide bonds. The summed E-state index contributed by atoms with van der Waals surface area (Å²) in [5.74, 6) is -0.0493. The van der Waals surface area contributed by atoms with Crippen molar-refractivity contribution in [2.75, 3.05) is 4.90 Å². The Morgan fingerprint density at radius 2 is 1.48 bits per heavy atom. The van der Waals surface area contributed by atoms with Crippen molar-refractivity contribution in [2.24, 2.45) is 4.99 Å². The van der Waals surface area contributed by atoms with Gasteiger partial charge in [-0.2, -0.15) is 0 Å². The summed E-state index contributed by atoms with van der Waals surface area (Å²) in [7, 11) is 0. The van der Waals surface area contributed by atoms with E-state index in [9.17, 15) is 4.79 Å². The van der Waals surface area contributed by atoms with Gasteiger partial charge in [0.05, 0.1) is 16.3 Å². The molecule has 0 aromatic heterocycles. The Morgan fingerprint density at radius 3 is 2.14 bits per heavy atom. The van der Waals surface area contributed by atoms with Crippen LogP contribution in [0.25, 0.3) is 6.08 Å². The molecule has 29 heavy (non-hydrogen) atoms. The monoisotopic (exact) mass is 398 g/mol. The van der Waals surface area contributed by atoms with Gasteiger partial charge in [-0.05, 0) is 67.4 Å². The molecule has 0 unspecified atom stereocenters. The van der Waals surface area contributed by atoms with Gasteiger partial charge >= 0.3 is 0 Å². The summed E-state index contributed by atoms with van der Waals surface area (Å²) in [6.07, 6.45) is 1.94. The average Bonchev–Trinajstić information content (AvgIpc) is 3.02. The van der Waals surface area contributed by atoms with Gasteiger partial charge in [0.25, 0.3) is 5.91 Å². The van der Waals surface area contributed by atoms with Crippen molar-refractivity contribution in [2.45, 2.75) is 20.8 Å². The number of rotatable bonds is 3. The van der Waals surface area contributed by atoms with E-state index in [1.807, 2.05) is 80.6 Å². The minimum Gasteiger partial charge on any atom is -0.268 e. The van der Waals surface area contributed by atoms with E-state index in [1.165, 1.54) is 17.3 Å². The molecule has 4 rings (SSSR count). The lowest BCUT2D eigenvalue weighted by Crippen LogP contribution is -2.28. The van der Waals surface area contributed by atoms with Crippen molar-refractivity contribution < 1.29 is 4.79 Å². The first kappa shape index (κ1) is 19.2. The van der Waals surface area contributed by atoms with Crippen molar-refractivity contribution in [1.82, 2.24) is 0 Å². The molecule has 144 valence electrons. The van der Waals surface area contributed by atoms with Crippen LogP contribution in [0.4, 0.5) is 11.4 Å². The number of anilines is 1. The number of thioether (sulfide) groups is 1. The zero-order valence-corrected chi connectivity index (χ0v) is 17.5. The number of hydrogen-bond acceptors (Lipinski definition) is 3. The Kier molecular flexibility index (Phi) is 5.36. The molecule has 3 aromatic carbocycles. The number of aliphatic imine (C=N–C) groups is 1. The molecular formula is C25H22N2OS. The molecule has 0 N–H and O–H groups in total. The number of carbonyl (C=O) groups excluding carboxylic acids is 1. The van der Waals surface area contributed by atoms with Crippen LogP contribution in [0.15, 0.2) is 82.7 Å². The molecule has 0 bridgehead atoms. The number of aryl methyl sites for hydroxylation is 3. The highest BCUT2D eigenvalue weighted by Gasteiger charge is 2.34. The zero-order chi connectivity index (χ0) is 20.4. The van der Waals surface area contributed by atoms with Crippen LogP contribution in [0.1, 0.15) is 22.3 Å². The molecule has 3 aromatic rings. The first-order valence-electron chi connectivity index (χ1n) is 9.53. The molecular weight excluding hydrogens is 376 g/mol. The summed E-state index contributed by atoms with van der Waals surface area (Å²) in [6.45, 7) is 6.15. The van der Waals surface area contributed by atoms with E-state index in [1.54, 1.807) is 4.90 Å². The highest BCUT2D eigenvalue weighted by Crippen LogP contribution is 2.38. The minimum atomic E-state index is -0.0493. The molecule has 0 aliphatic carbocycles. The number of carbonyl (C=O) groups is 1. The third-order valence-corrected chi connectivity index (χ3v) is 5.81. The average molecular weight is 399 g/mol. The van der Waals surface area contributed by atoms with Gasteiger partial charge in [0.1, 0.15) is 0 Å². The van der Waals surface area contributed by atoms with Crippen molar-refractivity contribution in [3.05, 3.63) is 100.0 Å². The predicted molar refractivity (Wildman–Crippen MR) is 124 cm³/mol. The fourth-order valence-corrected chi connectivity index (χ4v) is 4.23. The lowest BCUT2D eigenvalue weighted by atomic mass is 10.1. The van der Waals surface area contributed by atoms with Crippen LogP contribution < -0.4 is 4.90 Å². The van der Waals surface area contributed by atoms with Crippen molar-refractivity contribution in [1.29, 1.82) is 0 Å². The highest BCUT2D eigenvalue weighted by molar-refractivity contribution is 8.19. The van der Waals surface area contributed by atoms with Gasteiger partial charge < -0.3 is 0 Å². The second-order valence-electron chi connectivity index (χ2n) is 7.13. The van der Waals surface area contributed by atoms with E-state index in [4.69, 9.17) is 4.99 Å². The molecule has 1 saturated heterocycles. The quantitative estimate of drug-likeness (QED) is 0.477. The van der Waals surface area contributed by atoms with Gasteiger partial charge in [0.2, 0.25) is 0 Å². The Balaban J connectivity index is 1.81. The number of benzene rings is 3. The van der Waals surface area contributed by atoms with Crippen LogP contribution in [0, 0.1) is 20.8 Å². The summed E-state index contributed by atoms with van der Waals surface area (Å²) in [5.41, 5.74) is 6.13. The first-order chi connectivity index (χ1) is 14.0. The molecule has 0 spiro atoms. The van der Waals surface area contributed by atoms with Crippen LogP contribution >= 0.6 is 11.8 Å². The van der Waals surface area contributed by atoms with Gasteiger partial charge in [-0.25, -0.2) is 4.99 Å². The van der Waals surface area contributed by atoms with Gasteiger partial charge in [0, 0.05) is 0 Å². The van der Waals surface area contributed by atoms with Crippen molar-refractivity contribution >= 4 is 40.3 Å². The third-order valence-electron chi connectivity index (χ3n) is 4.84. The largest absolute Gasteiger partial charge is 0.271 e. The molecule has 0 atom stereocenters. The van der Waals surface area contributed by atoms with Gasteiger partial charge in [-0.3, -0.25) is 9.69 Å². The fraction of sp³-hybridized carbons (Fsp3) is 0.120. The van der Waals surface area contributed by atoms with E-state index >= 15 is 0 Å². The normalized spacial score (nSPS) is 16.8. The topological polar surface area (TPSA) is 32.7 Å². The number of para-hydroxylation sites is 2. The summed E-state index contributed by atoms with van der Waals surface area (Å²) in [4.78, 5) is 20.6. The SMILES string of the molecule is Cc1ccc(/C=C2\SC(=Nc3c(C)cccc3C)N(c3ccccc3)C2=O)cc1. The van der Waals surface area contributed by atoms with E-state index in [0.29, 0.717) is 10.1 Å². The van der Waals surface area contributed by atoms with Crippen LogP contribution in [-0.2, 0) is 4.79 Å². The smallest absolute Gasteiger partial charge is 0.268 e. The number of amidine groups is 1. The maximum atomic E-state index is 13.3. The van der Waals surface area contributed by atoms with Gasteiger partial charge in [-0.1, -0.05) is 66.2 Å². The molecule has 1 heterocycles. The predicted octanol–water partition coefficient (Wildman–Crippen LogP) is 6.42. The molecule has 1 aliphatic rings. The molecule has 1 fully saturated rings. The lowest BCUT2D eigenvalue weighted by Gasteiger charge is -2.16. The lowest BCUT2D eigenvalue weighted by molar-refractivity contribution is -0.113. The molecule has 4 heteroatoms. The number of hydrogen-bond donors (Lipinski definition) is 0. The second kappa shape index (κ2) is 8.10. The van der Waals surface area contributed by atoms with E-state index in [0.717, 1.165) is 28.1 Å². The maximum absolute atomic E-state index is 13.3. The minimum absolute atomic E-state index is 0.0493. The number of amides is 1. The summed E-state index contributed by atoms with van der Waals surface area (Å²) in [6, 6.07) is 24.0. The summed E-state index contributed by atoms with van der Waals surface area (Å²) in [5, 5.41) is 0.678. The second-order valence-corrected chi connectivity index (χ2v) is 8.14. The standard InChI is InChI=1S/C25H22N2OS/c1-17-12-14-20(15-13-17)16-22-24(28)27(21-10-5-4-6-11-21)25(29-22)26-23-18(2)8-7-9-19(23)3/h4-16H,1-3H3/b22-16-,26-25?. The van der Waals surface area contributed by atoms with Crippen LogP contribution in [-0.4, -0.2) is 11.1 Å². The maximum Gasteiger partial charge on any atom is 0.271 e.